The highest BCUT2D eigenvalue weighted by Crippen LogP contribution is 2.45. The zero-order valence-electron chi connectivity index (χ0n) is 18.8. The van der Waals surface area contributed by atoms with Crippen LogP contribution in [0, 0.1) is 0 Å². The third-order valence-electron chi connectivity index (χ3n) is 4.91. The number of aliphatic hydroxyl groups is 1. The van der Waals surface area contributed by atoms with Crippen molar-refractivity contribution < 1.29 is 14.6 Å². The number of nitrogens with zero attached hydrogens (tertiary/aromatic N) is 5. The van der Waals surface area contributed by atoms with Gasteiger partial charge in [-0.2, -0.15) is 0 Å². The lowest BCUT2D eigenvalue weighted by Crippen LogP contribution is -2.03. The van der Waals surface area contributed by atoms with E-state index in [1.807, 2.05) is 12.1 Å². The molecule has 0 spiro atoms. The van der Waals surface area contributed by atoms with E-state index in [9.17, 15) is 0 Å². The van der Waals surface area contributed by atoms with Crippen LogP contribution in [0.1, 0.15) is 5.56 Å². The summed E-state index contributed by atoms with van der Waals surface area (Å²) in [6, 6.07) is 7.00. The van der Waals surface area contributed by atoms with E-state index in [4.69, 9.17) is 37.8 Å². The second kappa shape index (κ2) is 11.1. The Balaban J connectivity index is 1.65. The third-order valence-corrected chi connectivity index (χ3v) is 5.66. The fourth-order valence-corrected chi connectivity index (χ4v) is 3.79. The maximum atomic E-state index is 9.06. The molecule has 0 saturated carbocycles. The molecule has 12 heteroatoms. The van der Waals surface area contributed by atoms with Crippen LogP contribution in [-0.2, 0) is 6.42 Å². The van der Waals surface area contributed by atoms with Crippen molar-refractivity contribution in [3.05, 3.63) is 64.8 Å². The summed E-state index contributed by atoms with van der Waals surface area (Å²) in [6.45, 7) is 0.0666. The molecule has 0 bridgehead atoms. The molecule has 180 valence electrons. The van der Waals surface area contributed by atoms with Gasteiger partial charge in [0.2, 0.25) is 0 Å². The van der Waals surface area contributed by atoms with Gasteiger partial charge in [-0.25, -0.2) is 24.9 Å². The number of aliphatic hydroxyl groups excluding tert-OH is 1. The number of anilines is 4. The minimum Gasteiger partial charge on any atom is -0.495 e. The summed E-state index contributed by atoms with van der Waals surface area (Å²) < 4.78 is 10.7. The van der Waals surface area contributed by atoms with Gasteiger partial charge in [0.15, 0.2) is 5.82 Å². The predicted molar refractivity (Wildman–Crippen MR) is 134 cm³/mol. The molecular weight excluding hydrogens is 493 g/mol. The monoisotopic (exact) mass is 513 g/mol. The molecule has 3 N–H and O–H groups in total. The van der Waals surface area contributed by atoms with Crippen molar-refractivity contribution in [1.82, 2.24) is 24.9 Å². The molecule has 3 heterocycles. The number of nitrogens with one attached hydrogen (secondary N) is 2. The quantitative estimate of drug-likeness (QED) is 0.290. The first-order valence-electron chi connectivity index (χ1n) is 10.4. The summed E-state index contributed by atoms with van der Waals surface area (Å²) in [5, 5.41) is 15.8. The average molecular weight is 514 g/mol. The number of benzene rings is 1. The number of hydrogen-bond acceptors (Lipinski definition) is 10. The summed E-state index contributed by atoms with van der Waals surface area (Å²) in [5.41, 5.74) is 2.23. The molecule has 10 nitrogen and oxygen atoms in total. The standard InChI is InChI=1S/C23H21Cl2N7O3/c1-34-15-10-16(35-2)20(25)22(19(15)24)32-23-21(26-6-7-27-23)14-9-18(30-12-29-14)31-17-4-3-13(5-8-33)11-28-17/h3-4,6-7,9-12,33H,5,8H2,1-2H3,(H,27,32)(H,28,29,30,31). The zero-order chi connectivity index (χ0) is 24.8. The van der Waals surface area contributed by atoms with E-state index in [2.05, 4.69) is 35.6 Å². The van der Waals surface area contributed by atoms with E-state index < -0.39 is 0 Å². The minimum atomic E-state index is 0.0666. The van der Waals surface area contributed by atoms with Crippen LogP contribution >= 0.6 is 23.2 Å². The molecule has 3 aromatic heterocycles. The van der Waals surface area contributed by atoms with Crippen LogP contribution in [-0.4, -0.2) is 50.9 Å². The Kier molecular flexibility index (Phi) is 7.76. The minimum absolute atomic E-state index is 0.0666. The maximum Gasteiger partial charge on any atom is 0.158 e. The molecule has 1 aromatic carbocycles. The van der Waals surface area contributed by atoms with Crippen LogP contribution in [0.2, 0.25) is 10.0 Å². The molecule has 0 radical (unpaired) electrons. The fraction of sp³-hybridized carbons (Fsp3) is 0.174. The Morgan fingerprint density at radius 2 is 1.60 bits per heavy atom. The first-order chi connectivity index (χ1) is 17.0. The van der Waals surface area contributed by atoms with Crippen LogP contribution in [0.5, 0.6) is 11.5 Å². The Hall–Kier alpha value is -3.73. The molecule has 0 fully saturated rings. The highest BCUT2D eigenvalue weighted by Gasteiger charge is 2.20. The highest BCUT2D eigenvalue weighted by atomic mass is 35.5. The first-order valence-corrected chi connectivity index (χ1v) is 11.1. The average Bonchev–Trinajstić information content (AvgIpc) is 2.88. The van der Waals surface area contributed by atoms with Gasteiger partial charge in [-0.1, -0.05) is 29.3 Å². The number of methoxy groups -OCH3 is 2. The van der Waals surface area contributed by atoms with Gasteiger partial charge in [0, 0.05) is 37.3 Å². The lowest BCUT2D eigenvalue weighted by molar-refractivity contribution is 0.299. The van der Waals surface area contributed by atoms with Crippen LogP contribution < -0.4 is 20.1 Å². The van der Waals surface area contributed by atoms with Gasteiger partial charge in [-0.3, -0.25) is 0 Å². The van der Waals surface area contributed by atoms with Crippen molar-refractivity contribution in [2.75, 3.05) is 31.5 Å². The molecule has 0 atom stereocenters. The van der Waals surface area contributed by atoms with Crippen molar-refractivity contribution in [2.24, 2.45) is 0 Å². The molecule has 4 rings (SSSR count). The largest absolute Gasteiger partial charge is 0.495 e. The van der Waals surface area contributed by atoms with E-state index in [1.165, 1.54) is 26.7 Å². The molecule has 0 aliphatic rings. The SMILES string of the molecule is COc1cc(OC)c(Cl)c(Nc2nccnc2-c2cc(Nc3ccc(CCO)cn3)ncn2)c1Cl. The molecule has 0 unspecified atom stereocenters. The molecule has 35 heavy (non-hydrogen) atoms. The van der Waals surface area contributed by atoms with Crippen LogP contribution in [0.3, 0.4) is 0 Å². The predicted octanol–water partition coefficient (Wildman–Crippen LogP) is 4.67. The van der Waals surface area contributed by atoms with Crippen molar-refractivity contribution in [2.45, 2.75) is 6.42 Å². The molecule has 0 amide bonds. The third kappa shape index (κ3) is 5.51. The lowest BCUT2D eigenvalue weighted by Gasteiger charge is -2.16. The van der Waals surface area contributed by atoms with Gasteiger partial charge in [0.05, 0.1) is 25.6 Å². The molecule has 0 aliphatic heterocycles. The highest BCUT2D eigenvalue weighted by molar-refractivity contribution is 6.41. The summed E-state index contributed by atoms with van der Waals surface area (Å²) in [4.78, 5) is 21.8. The number of hydrogen-bond donors (Lipinski definition) is 3. The topological polar surface area (TPSA) is 127 Å². The van der Waals surface area contributed by atoms with Crippen LogP contribution in [0.15, 0.2) is 49.2 Å². The summed E-state index contributed by atoms with van der Waals surface area (Å²) in [7, 11) is 2.99. The molecule has 0 aliphatic carbocycles. The van der Waals surface area contributed by atoms with Gasteiger partial charge >= 0.3 is 0 Å². The fourth-order valence-electron chi connectivity index (χ4n) is 3.19. The number of ether oxygens (including phenoxy) is 2. The smallest absolute Gasteiger partial charge is 0.158 e. The van der Waals surface area contributed by atoms with Gasteiger partial charge in [0.1, 0.15) is 45.2 Å². The Bertz CT molecular complexity index is 1300. The summed E-state index contributed by atoms with van der Waals surface area (Å²) >= 11 is 13.0. The van der Waals surface area contributed by atoms with Gasteiger partial charge in [0.25, 0.3) is 0 Å². The van der Waals surface area contributed by atoms with E-state index in [1.54, 1.807) is 24.5 Å². The normalized spacial score (nSPS) is 10.7. The maximum absolute atomic E-state index is 9.06. The van der Waals surface area contributed by atoms with Crippen LogP contribution in [0.25, 0.3) is 11.4 Å². The first kappa shape index (κ1) is 24.4. The number of aromatic nitrogens is 5. The van der Waals surface area contributed by atoms with Crippen molar-refractivity contribution in [3.8, 4) is 22.9 Å². The Morgan fingerprint density at radius 3 is 2.26 bits per heavy atom. The van der Waals surface area contributed by atoms with E-state index in [-0.39, 0.29) is 16.7 Å². The summed E-state index contributed by atoms with van der Waals surface area (Å²) in [5.74, 6) is 2.23. The number of rotatable bonds is 9. The van der Waals surface area contributed by atoms with Gasteiger partial charge in [-0.15, -0.1) is 0 Å². The number of pyridine rings is 1. The van der Waals surface area contributed by atoms with Crippen LogP contribution in [0.4, 0.5) is 23.1 Å². The van der Waals surface area contributed by atoms with E-state index in [0.717, 1.165) is 5.56 Å². The Labute approximate surface area is 211 Å². The van der Waals surface area contributed by atoms with Gasteiger partial charge < -0.3 is 25.2 Å². The molecule has 4 aromatic rings. The number of halogens is 2. The molecule has 0 saturated heterocycles. The Morgan fingerprint density at radius 1 is 0.857 bits per heavy atom. The van der Waals surface area contributed by atoms with Gasteiger partial charge in [-0.05, 0) is 18.1 Å². The lowest BCUT2D eigenvalue weighted by atomic mass is 10.2. The van der Waals surface area contributed by atoms with E-state index >= 15 is 0 Å². The second-order valence-electron chi connectivity index (χ2n) is 7.10. The van der Waals surface area contributed by atoms with Crippen molar-refractivity contribution >= 4 is 46.3 Å². The second-order valence-corrected chi connectivity index (χ2v) is 7.86. The molecular formula is C23H21Cl2N7O3. The van der Waals surface area contributed by atoms with Crippen molar-refractivity contribution in [3.63, 3.8) is 0 Å². The summed E-state index contributed by atoms with van der Waals surface area (Å²) in [6.07, 6.45) is 6.72. The zero-order valence-corrected chi connectivity index (χ0v) is 20.3. The van der Waals surface area contributed by atoms with E-state index in [0.29, 0.717) is 52.4 Å². The van der Waals surface area contributed by atoms with Crippen molar-refractivity contribution in [1.29, 1.82) is 0 Å².